The third-order valence-electron chi connectivity index (χ3n) is 5.39. The van der Waals surface area contributed by atoms with Gasteiger partial charge in [-0.25, -0.2) is 4.98 Å². The van der Waals surface area contributed by atoms with E-state index in [-0.39, 0.29) is 35.8 Å². The second-order valence-electron chi connectivity index (χ2n) is 7.32. The van der Waals surface area contributed by atoms with Crippen LogP contribution in [-0.4, -0.2) is 29.1 Å². The van der Waals surface area contributed by atoms with Gasteiger partial charge in [-0.1, -0.05) is 27.7 Å². The summed E-state index contributed by atoms with van der Waals surface area (Å²) in [4.78, 5) is 17.3. The highest BCUT2D eigenvalue weighted by atomic mass is 35.5. The molecule has 1 aliphatic carbocycles. The SMILES string of the molecule is CC(C)c1csc(NC(=O)C2(N)C3CCCOC3C2(C)C)n1.Cl. The summed E-state index contributed by atoms with van der Waals surface area (Å²) < 4.78 is 5.85. The largest absolute Gasteiger partial charge is 0.377 e. The molecule has 1 amide bonds. The van der Waals surface area contributed by atoms with E-state index in [2.05, 4.69) is 24.1 Å². The van der Waals surface area contributed by atoms with Gasteiger partial charge >= 0.3 is 0 Å². The molecule has 3 rings (SSSR count). The number of thiazole rings is 1. The van der Waals surface area contributed by atoms with E-state index in [9.17, 15) is 4.79 Å². The molecule has 1 saturated heterocycles. The zero-order valence-electron chi connectivity index (χ0n) is 14.1. The Labute approximate surface area is 147 Å². The highest BCUT2D eigenvalue weighted by molar-refractivity contribution is 7.13. The summed E-state index contributed by atoms with van der Waals surface area (Å²) in [7, 11) is 0. The number of hydrogen-bond donors (Lipinski definition) is 2. The lowest BCUT2D eigenvalue weighted by atomic mass is 9.46. The summed E-state index contributed by atoms with van der Waals surface area (Å²) in [6.45, 7) is 9.00. The van der Waals surface area contributed by atoms with E-state index in [1.165, 1.54) is 11.3 Å². The van der Waals surface area contributed by atoms with Crippen molar-refractivity contribution >= 4 is 34.8 Å². The molecule has 3 N–H and O–H groups in total. The molecule has 0 radical (unpaired) electrons. The zero-order chi connectivity index (χ0) is 16.1. The minimum Gasteiger partial charge on any atom is -0.377 e. The van der Waals surface area contributed by atoms with E-state index in [0.717, 1.165) is 25.1 Å². The molecule has 5 nitrogen and oxygen atoms in total. The fourth-order valence-corrected chi connectivity index (χ4v) is 4.71. The molecule has 1 saturated carbocycles. The lowest BCUT2D eigenvalue weighted by molar-refractivity contribution is -0.222. The Morgan fingerprint density at radius 2 is 2.22 bits per heavy atom. The molecule has 0 bridgehead atoms. The maximum atomic E-state index is 12.8. The van der Waals surface area contributed by atoms with Gasteiger partial charge in [-0.3, -0.25) is 4.79 Å². The number of hydrogen-bond acceptors (Lipinski definition) is 5. The lowest BCUT2D eigenvalue weighted by Crippen LogP contribution is -2.81. The average molecular weight is 360 g/mol. The number of carbonyl (C=O) groups excluding carboxylic acids is 1. The molecule has 7 heteroatoms. The van der Waals surface area contributed by atoms with Crippen molar-refractivity contribution in [2.24, 2.45) is 17.1 Å². The van der Waals surface area contributed by atoms with Gasteiger partial charge in [-0.2, -0.15) is 0 Å². The molecule has 2 fully saturated rings. The predicted molar refractivity (Wildman–Crippen MR) is 95.2 cm³/mol. The van der Waals surface area contributed by atoms with Gasteiger partial charge in [-0.05, 0) is 18.8 Å². The molecule has 1 aromatic heterocycles. The third kappa shape index (κ3) is 2.69. The summed E-state index contributed by atoms with van der Waals surface area (Å²) in [5.41, 5.74) is 6.33. The summed E-state index contributed by atoms with van der Waals surface area (Å²) >= 11 is 1.46. The fraction of sp³-hybridized carbons (Fsp3) is 0.750. The van der Waals surface area contributed by atoms with Crippen LogP contribution in [0.4, 0.5) is 5.13 Å². The first-order valence-corrected chi connectivity index (χ1v) is 8.83. The molecular formula is C16H26ClN3O2S. The molecular weight excluding hydrogens is 334 g/mol. The van der Waals surface area contributed by atoms with Crippen molar-refractivity contribution in [1.29, 1.82) is 0 Å². The number of halogens is 1. The Morgan fingerprint density at radius 1 is 1.52 bits per heavy atom. The molecule has 2 aliphatic rings. The van der Waals surface area contributed by atoms with Gasteiger partial charge in [0.1, 0.15) is 5.54 Å². The van der Waals surface area contributed by atoms with E-state index >= 15 is 0 Å². The molecule has 1 aliphatic heterocycles. The molecule has 2 heterocycles. The molecule has 3 unspecified atom stereocenters. The number of nitrogens with one attached hydrogen (secondary N) is 1. The number of rotatable bonds is 3. The van der Waals surface area contributed by atoms with Crippen LogP contribution in [0.15, 0.2) is 5.38 Å². The number of anilines is 1. The fourth-order valence-electron chi connectivity index (χ4n) is 3.85. The smallest absolute Gasteiger partial charge is 0.247 e. The Kier molecular flexibility index (Phi) is 5.12. The van der Waals surface area contributed by atoms with E-state index in [4.69, 9.17) is 10.5 Å². The van der Waals surface area contributed by atoms with Crippen LogP contribution in [0, 0.1) is 11.3 Å². The number of fused-ring (bicyclic) bond motifs is 1. The van der Waals surface area contributed by atoms with Crippen LogP contribution < -0.4 is 11.1 Å². The van der Waals surface area contributed by atoms with Gasteiger partial charge < -0.3 is 15.8 Å². The van der Waals surface area contributed by atoms with E-state index in [0.29, 0.717) is 11.0 Å². The second-order valence-corrected chi connectivity index (χ2v) is 8.18. The standard InChI is InChI=1S/C16H25N3O2S.ClH/c1-9(2)11-8-22-14(18-11)19-13(20)16(17)10-6-5-7-21-12(10)15(16,3)4;/h8-10,12H,5-7,17H2,1-4H3,(H,18,19,20);1H. The normalized spacial score (nSPS) is 31.7. The van der Waals surface area contributed by atoms with E-state index < -0.39 is 5.54 Å². The first-order valence-electron chi connectivity index (χ1n) is 7.96. The Bertz CT molecular complexity index is 590. The summed E-state index contributed by atoms with van der Waals surface area (Å²) in [6, 6.07) is 0. The topological polar surface area (TPSA) is 77.2 Å². The van der Waals surface area contributed by atoms with Crippen LogP contribution in [0.1, 0.15) is 52.1 Å². The highest BCUT2D eigenvalue weighted by Gasteiger charge is 2.70. The Morgan fingerprint density at radius 3 is 2.83 bits per heavy atom. The van der Waals surface area contributed by atoms with Gasteiger partial charge in [0.25, 0.3) is 0 Å². The molecule has 23 heavy (non-hydrogen) atoms. The molecule has 0 spiro atoms. The quantitative estimate of drug-likeness (QED) is 0.869. The molecule has 1 aromatic rings. The van der Waals surface area contributed by atoms with Crippen molar-refractivity contribution in [2.75, 3.05) is 11.9 Å². The van der Waals surface area contributed by atoms with Crippen LogP contribution in [-0.2, 0) is 9.53 Å². The maximum Gasteiger partial charge on any atom is 0.247 e. The van der Waals surface area contributed by atoms with Gasteiger partial charge in [0, 0.05) is 23.3 Å². The van der Waals surface area contributed by atoms with Crippen molar-refractivity contribution < 1.29 is 9.53 Å². The monoisotopic (exact) mass is 359 g/mol. The third-order valence-corrected chi connectivity index (χ3v) is 6.17. The van der Waals surface area contributed by atoms with Gasteiger partial charge in [0.15, 0.2) is 5.13 Å². The molecule has 130 valence electrons. The molecule has 0 aromatic carbocycles. The number of carbonyl (C=O) groups is 1. The second kappa shape index (κ2) is 6.31. The Balaban J connectivity index is 0.00000192. The van der Waals surface area contributed by atoms with Crippen molar-refractivity contribution in [3.63, 3.8) is 0 Å². The van der Waals surface area contributed by atoms with Gasteiger partial charge in [0.05, 0.1) is 11.8 Å². The summed E-state index contributed by atoms with van der Waals surface area (Å²) in [6.07, 6.45) is 2.00. The number of amides is 1. The number of nitrogens with two attached hydrogens (primary N) is 1. The number of aromatic nitrogens is 1. The van der Waals surface area contributed by atoms with Crippen molar-refractivity contribution in [1.82, 2.24) is 4.98 Å². The lowest BCUT2D eigenvalue weighted by Gasteiger charge is -2.64. The predicted octanol–water partition coefficient (Wildman–Crippen LogP) is 3.16. The summed E-state index contributed by atoms with van der Waals surface area (Å²) in [5, 5.41) is 5.56. The van der Waals surface area contributed by atoms with Crippen LogP contribution in [0.3, 0.4) is 0 Å². The highest BCUT2D eigenvalue weighted by Crippen LogP contribution is 2.57. The van der Waals surface area contributed by atoms with Crippen LogP contribution in [0.5, 0.6) is 0 Å². The van der Waals surface area contributed by atoms with Crippen molar-refractivity contribution in [2.45, 2.75) is 58.1 Å². The van der Waals surface area contributed by atoms with E-state index in [1.807, 2.05) is 19.2 Å². The maximum absolute atomic E-state index is 12.8. The van der Waals surface area contributed by atoms with Crippen molar-refractivity contribution in [3.05, 3.63) is 11.1 Å². The number of ether oxygens (including phenoxy) is 1. The first kappa shape index (κ1) is 18.6. The molecule has 3 atom stereocenters. The van der Waals surface area contributed by atoms with Gasteiger partial charge in [0.2, 0.25) is 5.91 Å². The Hall–Kier alpha value is -0.690. The van der Waals surface area contributed by atoms with Crippen LogP contribution in [0.25, 0.3) is 0 Å². The zero-order valence-corrected chi connectivity index (χ0v) is 15.7. The number of nitrogens with zero attached hydrogens (tertiary/aromatic N) is 1. The van der Waals surface area contributed by atoms with Crippen LogP contribution in [0.2, 0.25) is 0 Å². The summed E-state index contributed by atoms with van der Waals surface area (Å²) in [5.74, 6) is 0.319. The van der Waals surface area contributed by atoms with Crippen molar-refractivity contribution in [3.8, 4) is 0 Å². The first-order chi connectivity index (χ1) is 10.3. The average Bonchev–Trinajstić information content (AvgIpc) is 2.95. The van der Waals surface area contributed by atoms with E-state index in [1.54, 1.807) is 0 Å². The minimum atomic E-state index is -0.887. The minimum absolute atomic E-state index is 0. The van der Waals surface area contributed by atoms with Crippen LogP contribution >= 0.6 is 23.7 Å². The van der Waals surface area contributed by atoms with Gasteiger partial charge in [-0.15, -0.1) is 23.7 Å².